The van der Waals surface area contributed by atoms with Gasteiger partial charge in [-0.1, -0.05) is 19.9 Å². The molecule has 0 radical (unpaired) electrons. The maximum absolute atomic E-state index is 11.8. The van der Waals surface area contributed by atoms with Crippen LogP contribution in [0, 0.1) is 6.92 Å². The minimum Gasteiger partial charge on any atom is -0.548 e. The Morgan fingerprint density at radius 1 is 1.35 bits per heavy atom. The number of aliphatic carboxylic acids is 1. The molecule has 0 fully saturated rings. The number of hydrogen-bond acceptors (Lipinski definition) is 5. The van der Waals surface area contributed by atoms with E-state index in [0.29, 0.717) is 23.8 Å². The van der Waals surface area contributed by atoms with Crippen LogP contribution in [-0.4, -0.2) is 36.5 Å². The molecule has 6 heteroatoms. The van der Waals surface area contributed by atoms with Crippen LogP contribution in [0.4, 0.5) is 0 Å². The molecule has 1 aromatic carbocycles. The molecule has 5 nitrogen and oxygen atoms in total. The summed E-state index contributed by atoms with van der Waals surface area (Å²) in [6, 6.07) is 4.70. The lowest BCUT2D eigenvalue weighted by Gasteiger charge is -2.19. The van der Waals surface area contributed by atoms with Crippen LogP contribution >= 0.6 is 11.8 Å². The summed E-state index contributed by atoms with van der Waals surface area (Å²) in [7, 11) is 0. The number of benzene rings is 1. The Hall–Kier alpha value is -1.69. The number of carbonyl (C=O) groups is 2. The Kier molecular flexibility index (Phi) is 7.95. The Morgan fingerprint density at radius 3 is 2.57 bits per heavy atom. The molecular formula is C17H24NO4S-. The number of thioether (sulfide) groups is 1. The SMILES string of the molecule is CSCC[C@H](NC(=O)COc1ccc(C(C)C)c(C)c1)C(=O)[O-]. The van der Waals surface area contributed by atoms with Crippen LogP contribution in [0.3, 0.4) is 0 Å². The molecule has 0 aliphatic rings. The smallest absolute Gasteiger partial charge is 0.258 e. The molecule has 128 valence electrons. The summed E-state index contributed by atoms with van der Waals surface area (Å²) in [5.74, 6) is -0.0884. The number of aryl methyl sites for hydroxylation is 1. The first-order valence-electron chi connectivity index (χ1n) is 7.57. The third-order valence-corrected chi connectivity index (χ3v) is 4.11. The van der Waals surface area contributed by atoms with E-state index in [1.165, 1.54) is 17.3 Å². The van der Waals surface area contributed by atoms with E-state index in [2.05, 4.69) is 19.2 Å². The van der Waals surface area contributed by atoms with E-state index in [-0.39, 0.29) is 6.61 Å². The van der Waals surface area contributed by atoms with Crippen molar-refractivity contribution in [3.63, 3.8) is 0 Å². The fraction of sp³-hybridized carbons (Fsp3) is 0.529. The summed E-state index contributed by atoms with van der Waals surface area (Å²) < 4.78 is 5.44. The van der Waals surface area contributed by atoms with Crippen molar-refractivity contribution in [2.75, 3.05) is 18.6 Å². The van der Waals surface area contributed by atoms with Crippen LogP contribution in [0.2, 0.25) is 0 Å². The molecule has 0 unspecified atom stereocenters. The third kappa shape index (κ3) is 6.52. The Bertz CT molecular complexity index is 545. The fourth-order valence-electron chi connectivity index (χ4n) is 2.26. The molecule has 1 aromatic rings. The largest absolute Gasteiger partial charge is 0.548 e. The third-order valence-electron chi connectivity index (χ3n) is 3.46. The molecule has 23 heavy (non-hydrogen) atoms. The molecule has 1 N–H and O–H groups in total. The van der Waals surface area contributed by atoms with Gasteiger partial charge in [0, 0.05) is 0 Å². The van der Waals surface area contributed by atoms with Crippen LogP contribution in [0.15, 0.2) is 18.2 Å². The van der Waals surface area contributed by atoms with Gasteiger partial charge in [-0.3, -0.25) is 4.79 Å². The highest BCUT2D eigenvalue weighted by molar-refractivity contribution is 7.98. The Balaban J connectivity index is 2.55. The van der Waals surface area contributed by atoms with Crippen molar-refractivity contribution in [3.05, 3.63) is 29.3 Å². The van der Waals surface area contributed by atoms with Crippen molar-refractivity contribution >= 4 is 23.6 Å². The minimum absolute atomic E-state index is 0.219. The number of ether oxygens (including phenoxy) is 1. The lowest BCUT2D eigenvalue weighted by atomic mass is 9.98. The zero-order chi connectivity index (χ0) is 17.4. The number of hydrogen-bond donors (Lipinski definition) is 1. The van der Waals surface area contributed by atoms with E-state index in [4.69, 9.17) is 4.74 Å². The van der Waals surface area contributed by atoms with Gasteiger partial charge >= 0.3 is 0 Å². The molecular weight excluding hydrogens is 314 g/mol. The highest BCUT2D eigenvalue weighted by atomic mass is 32.2. The predicted octanol–water partition coefficient (Wildman–Crippen LogP) is 1.49. The maximum Gasteiger partial charge on any atom is 0.258 e. The van der Waals surface area contributed by atoms with Gasteiger partial charge in [0.05, 0.1) is 12.0 Å². The Morgan fingerprint density at radius 2 is 2.04 bits per heavy atom. The zero-order valence-corrected chi connectivity index (χ0v) is 14.9. The molecule has 1 atom stereocenters. The fourth-order valence-corrected chi connectivity index (χ4v) is 2.73. The van der Waals surface area contributed by atoms with E-state index in [1.54, 1.807) is 0 Å². The van der Waals surface area contributed by atoms with Crippen molar-refractivity contribution in [1.82, 2.24) is 5.32 Å². The van der Waals surface area contributed by atoms with Gasteiger partial charge in [0.25, 0.3) is 5.91 Å². The number of carboxylic acid groups (broad SMARTS) is 1. The highest BCUT2D eigenvalue weighted by Gasteiger charge is 2.14. The van der Waals surface area contributed by atoms with Crippen molar-refractivity contribution in [2.45, 2.75) is 39.2 Å². The monoisotopic (exact) mass is 338 g/mol. The van der Waals surface area contributed by atoms with Gasteiger partial charge in [0.1, 0.15) is 5.75 Å². The summed E-state index contributed by atoms with van der Waals surface area (Å²) in [5.41, 5.74) is 2.33. The van der Waals surface area contributed by atoms with Gasteiger partial charge in [-0.05, 0) is 54.5 Å². The van der Waals surface area contributed by atoms with Crippen LogP contribution < -0.4 is 15.2 Å². The van der Waals surface area contributed by atoms with E-state index >= 15 is 0 Å². The molecule has 0 aliphatic heterocycles. The average molecular weight is 338 g/mol. The molecule has 0 saturated carbocycles. The van der Waals surface area contributed by atoms with Gasteiger partial charge in [-0.25, -0.2) is 0 Å². The molecule has 0 aromatic heterocycles. The lowest BCUT2D eigenvalue weighted by molar-refractivity contribution is -0.308. The minimum atomic E-state index is -1.27. The van der Waals surface area contributed by atoms with Crippen molar-refractivity contribution < 1.29 is 19.4 Å². The van der Waals surface area contributed by atoms with Crippen molar-refractivity contribution in [2.24, 2.45) is 0 Å². The molecule has 0 saturated heterocycles. The number of rotatable bonds is 9. The van der Waals surface area contributed by atoms with E-state index in [9.17, 15) is 14.7 Å². The summed E-state index contributed by atoms with van der Waals surface area (Å²) in [6.07, 6.45) is 2.21. The van der Waals surface area contributed by atoms with E-state index in [1.807, 2.05) is 31.4 Å². The number of nitrogens with one attached hydrogen (secondary N) is 1. The topological polar surface area (TPSA) is 78.5 Å². The van der Waals surface area contributed by atoms with Gasteiger partial charge in [0.2, 0.25) is 0 Å². The molecule has 1 rings (SSSR count). The molecule has 0 aliphatic carbocycles. The quantitative estimate of drug-likeness (QED) is 0.738. The van der Waals surface area contributed by atoms with Crippen LogP contribution in [0.5, 0.6) is 5.75 Å². The second-order valence-electron chi connectivity index (χ2n) is 5.68. The lowest BCUT2D eigenvalue weighted by Crippen LogP contribution is -2.49. The van der Waals surface area contributed by atoms with E-state index in [0.717, 1.165) is 5.56 Å². The zero-order valence-electron chi connectivity index (χ0n) is 14.0. The van der Waals surface area contributed by atoms with Gasteiger partial charge < -0.3 is 20.0 Å². The standard InChI is InChI=1S/C17H25NO4S/c1-11(2)14-6-5-13(9-12(14)3)22-10-16(19)18-15(17(20)21)7-8-23-4/h5-6,9,11,15H,7-8,10H2,1-4H3,(H,18,19)(H,20,21)/p-1/t15-/m0/s1. The number of carbonyl (C=O) groups excluding carboxylic acids is 2. The first-order chi connectivity index (χ1) is 10.8. The van der Waals surface area contributed by atoms with Gasteiger partial charge in [-0.2, -0.15) is 11.8 Å². The van der Waals surface area contributed by atoms with Crippen molar-refractivity contribution in [3.8, 4) is 5.75 Å². The summed E-state index contributed by atoms with van der Waals surface area (Å²) in [6.45, 7) is 6.01. The van der Waals surface area contributed by atoms with E-state index < -0.39 is 17.9 Å². The summed E-state index contributed by atoms with van der Waals surface area (Å²) in [5, 5.41) is 13.4. The molecule has 0 spiro atoms. The van der Waals surface area contributed by atoms with Crippen LogP contribution in [0.1, 0.15) is 37.3 Å². The van der Waals surface area contributed by atoms with Gasteiger partial charge in [0.15, 0.2) is 6.61 Å². The molecule has 0 bridgehead atoms. The first kappa shape index (κ1) is 19.4. The molecule has 1 amide bonds. The predicted molar refractivity (Wildman–Crippen MR) is 90.7 cm³/mol. The normalized spacial score (nSPS) is 12.0. The summed E-state index contributed by atoms with van der Waals surface area (Å²) >= 11 is 1.52. The average Bonchev–Trinajstić information content (AvgIpc) is 2.48. The highest BCUT2D eigenvalue weighted by Crippen LogP contribution is 2.23. The van der Waals surface area contributed by atoms with Crippen LogP contribution in [0.25, 0.3) is 0 Å². The second-order valence-corrected chi connectivity index (χ2v) is 6.67. The summed E-state index contributed by atoms with van der Waals surface area (Å²) in [4.78, 5) is 22.8. The van der Waals surface area contributed by atoms with Gasteiger partial charge in [-0.15, -0.1) is 0 Å². The molecule has 0 heterocycles. The first-order valence-corrected chi connectivity index (χ1v) is 8.97. The number of carboxylic acids is 1. The maximum atomic E-state index is 11.8. The number of amides is 1. The van der Waals surface area contributed by atoms with Crippen molar-refractivity contribution in [1.29, 1.82) is 0 Å². The second kappa shape index (κ2) is 9.45. The van der Waals surface area contributed by atoms with Crippen LogP contribution in [-0.2, 0) is 9.59 Å². The Labute approximate surface area is 141 Å².